The van der Waals surface area contributed by atoms with Gasteiger partial charge in [0, 0.05) is 28.9 Å². The third kappa shape index (κ3) is 4.34. The Morgan fingerprint density at radius 3 is 2.39 bits per heavy atom. The highest BCUT2D eigenvalue weighted by molar-refractivity contribution is 7.92. The number of amides is 1. The minimum absolute atomic E-state index is 0.0517. The van der Waals surface area contributed by atoms with E-state index in [9.17, 15) is 18.3 Å². The van der Waals surface area contributed by atoms with Crippen molar-refractivity contribution >= 4 is 27.3 Å². The molecular formula is C29H36N2O4S. The van der Waals surface area contributed by atoms with E-state index in [0.717, 1.165) is 61.6 Å². The number of carbonyl (C=O) groups excluding carboxylic acids is 1. The van der Waals surface area contributed by atoms with Crippen LogP contribution in [0.5, 0.6) is 0 Å². The van der Waals surface area contributed by atoms with Crippen LogP contribution in [0.1, 0.15) is 91.8 Å². The van der Waals surface area contributed by atoms with Crippen molar-refractivity contribution in [2.45, 2.75) is 75.7 Å². The van der Waals surface area contributed by atoms with E-state index in [4.69, 9.17) is 0 Å². The summed E-state index contributed by atoms with van der Waals surface area (Å²) in [6.45, 7) is 0.620. The highest BCUT2D eigenvalue weighted by atomic mass is 32.2. The molecule has 2 aromatic carbocycles. The van der Waals surface area contributed by atoms with Crippen LogP contribution in [0, 0.1) is 11.3 Å². The van der Waals surface area contributed by atoms with Gasteiger partial charge in [-0.2, -0.15) is 0 Å². The first kappa shape index (κ1) is 24.0. The Morgan fingerprint density at radius 2 is 1.72 bits per heavy atom. The fourth-order valence-electron chi connectivity index (χ4n) is 7.05. The van der Waals surface area contributed by atoms with Crippen molar-refractivity contribution in [1.82, 2.24) is 0 Å². The Balaban J connectivity index is 1.33. The molecule has 4 aliphatic rings. The number of nitrogens with one attached hydrogen (secondary N) is 1. The van der Waals surface area contributed by atoms with Crippen LogP contribution in [-0.2, 0) is 15.4 Å². The molecule has 3 saturated carbocycles. The molecule has 2 N–H and O–H groups in total. The maximum absolute atomic E-state index is 13.9. The van der Waals surface area contributed by atoms with E-state index < -0.39 is 16.1 Å². The fraction of sp³-hybridized carbons (Fsp3) is 0.552. The number of sulfonamides is 1. The van der Waals surface area contributed by atoms with Gasteiger partial charge >= 0.3 is 0 Å². The highest BCUT2D eigenvalue weighted by Crippen LogP contribution is 2.62. The van der Waals surface area contributed by atoms with Gasteiger partial charge in [0.05, 0.1) is 12.4 Å². The fourth-order valence-corrected chi connectivity index (χ4v) is 7.60. The molecule has 0 aromatic heterocycles. The van der Waals surface area contributed by atoms with E-state index in [1.54, 1.807) is 6.07 Å². The summed E-state index contributed by atoms with van der Waals surface area (Å²) in [4.78, 5) is 15.8. The summed E-state index contributed by atoms with van der Waals surface area (Å²) in [5.74, 6) is 0.216. The molecule has 6 nitrogen and oxygen atoms in total. The second kappa shape index (κ2) is 8.59. The van der Waals surface area contributed by atoms with E-state index in [0.29, 0.717) is 23.2 Å². The van der Waals surface area contributed by atoms with Crippen LogP contribution in [0.25, 0.3) is 0 Å². The largest absolute Gasteiger partial charge is 0.388 e. The molecule has 7 heteroatoms. The van der Waals surface area contributed by atoms with Crippen molar-refractivity contribution in [3.8, 4) is 0 Å². The van der Waals surface area contributed by atoms with Crippen LogP contribution in [0.4, 0.5) is 11.4 Å². The zero-order valence-corrected chi connectivity index (χ0v) is 21.8. The average Bonchev–Trinajstić information content (AvgIpc) is 3.27. The van der Waals surface area contributed by atoms with Crippen LogP contribution in [-0.4, -0.2) is 32.2 Å². The molecule has 1 aliphatic heterocycles. The molecule has 1 heterocycles. The lowest BCUT2D eigenvalue weighted by Crippen LogP contribution is -2.40. The maximum atomic E-state index is 13.9. The summed E-state index contributed by atoms with van der Waals surface area (Å²) in [5.41, 5.74) is 4.31. The van der Waals surface area contributed by atoms with Crippen molar-refractivity contribution in [2.24, 2.45) is 11.3 Å². The van der Waals surface area contributed by atoms with Crippen molar-refractivity contribution in [1.29, 1.82) is 0 Å². The minimum Gasteiger partial charge on any atom is -0.388 e. The third-order valence-corrected chi connectivity index (χ3v) is 10.0. The van der Waals surface area contributed by atoms with Crippen LogP contribution >= 0.6 is 0 Å². The normalized spacial score (nSPS) is 23.1. The summed E-state index contributed by atoms with van der Waals surface area (Å²) < 4.78 is 26.4. The standard InChI is InChI=1S/C29H36N2O4S/c1-36(34,35)30-23-9-10-25-24(18-23)29(15-13-28(11-12-28)14-16-29)19-31(25)27(33)22-8-4-7-21(17-22)26(32)20-5-2-3-6-20/h4,7-10,17-18,20,26,30,32H,2-3,5-6,11-16,19H2,1H3/t26-/m1/s1. The number of aliphatic hydroxyl groups is 1. The minimum atomic E-state index is -3.39. The monoisotopic (exact) mass is 508 g/mol. The number of benzene rings is 2. The van der Waals surface area contributed by atoms with Gasteiger partial charge < -0.3 is 10.0 Å². The van der Waals surface area contributed by atoms with Gasteiger partial charge in [0.2, 0.25) is 10.0 Å². The average molecular weight is 509 g/mol. The van der Waals surface area contributed by atoms with E-state index in [-0.39, 0.29) is 17.2 Å². The van der Waals surface area contributed by atoms with E-state index >= 15 is 0 Å². The quantitative estimate of drug-likeness (QED) is 0.556. The van der Waals surface area contributed by atoms with Gasteiger partial charge in [-0.05, 0) is 104 Å². The Morgan fingerprint density at radius 1 is 1.03 bits per heavy atom. The number of nitrogens with zero attached hydrogens (tertiary/aromatic N) is 1. The molecule has 0 unspecified atom stereocenters. The second-order valence-corrected chi connectivity index (χ2v) is 13.6. The lowest BCUT2D eigenvalue weighted by molar-refractivity contribution is 0.0978. The lowest BCUT2D eigenvalue weighted by atomic mass is 9.66. The third-order valence-electron chi connectivity index (χ3n) is 9.41. The number of hydrogen-bond acceptors (Lipinski definition) is 4. The van der Waals surface area contributed by atoms with Crippen LogP contribution in [0.2, 0.25) is 0 Å². The molecule has 1 atom stereocenters. The number of carbonyl (C=O) groups is 1. The number of aliphatic hydroxyl groups excluding tert-OH is 1. The van der Waals surface area contributed by atoms with Gasteiger partial charge in [-0.25, -0.2) is 8.42 Å². The Labute approximate surface area is 214 Å². The summed E-state index contributed by atoms with van der Waals surface area (Å²) in [7, 11) is -3.39. The van der Waals surface area contributed by atoms with Crippen LogP contribution < -0.4 is 9.62 Å². The van der Waals surface area contributed by atoms with E-state index in [1.165, 1.54) is 25.7 Å². The van der Waals surface area contributed by atoms with Crippen LogP contribution in [0.3, 0.4) is 0 Å². The zero-order chi connectivity index (χ0) is 25.1. The lowest BCUT2D eigenvalue weighted by Gasteiger charge is -2.38. The molecule has 3 fully saturated rings. The molecular weight excluding hydrogens is 472 g/mol. The summed E-state index contributed by atoms with van der Waals surface area (Å²) in [6, 6.07) is 13.1. The van der Waals surface area contributed by atoms with Gasteiger partial charge in [0.15, 0.2) is 0 Å². The van der Waals surface area contributed by atoms with Gasteiger partial charge in [-0.3, -0.25) is 9.52 Å². The first-order chi connectivity index (χ1) is 17.2. The van der Waals surface area contributed by atoms with Crippen molar-refractivity contribution in [3.05, 3.63) is 59.2 Å². The molecule has 0 bridgehead atoms. The van der Waals surface area contributed by atoms with Gasteiger partial charge in [0.25, 0.3) is 5.91 Å². The molecule has 36 heavy (non-hydrogen) atoms. The molecule has 1 amide bonds. The first-order valence-corrected chi connectivity index (χ1v) is 15.3. The van der Waals surface area contributed by atoms with Gasteiger partial charge in [-0.15, -0.1) is 0 Å². The van der Waals surface area contributed by atoms with Gasteiger partial charge in [0.1, 0.15) is 0 Å². The highest BCUT2D eigenvalue weighted by Gasteiger charge is 2.53. The van der Waals surface area contributed by atoms with Crippen molar-refractivity contribution in [2.75, 3.05) is 22.4 Å². The molecule has 6 rings (SSSR count). The summed E-state index contributed by atoms with van der Waals surface area (Å²) in [6.07, 6.45) is 12.0. The molecule has 0 saturated heterocycles. The Hall–Kier alpha value is -2.38. The Bertz CT molecular complexity index is 1280. The van der Waals surface area contributed by atoms with Crippen LogP contribution in [0.15, 0.2) is 42.5 Å². The van der Waals surface area contributed by atoms with Crippen molar-refractivity contribution < 1.29 is 18.3 Å². The predicted molar refractivity (Wildman–Crippen MR) is 142 cm³/mol. The number of anilines is 2. The van der Waals surface area contributed by atoms with Gasteiger partial charge in [-0.1, -0.05) is 25.0 Å². The molecule has 0 radical (unpaired) electrons. The predicted octanol–water partition coefficient (Wildman–Crippen LogP) is 5.53. The van der Waals surface area contributed by atoms with Crippen molar-refractivity contribution in [3.63, 3.8) is 0 Å². The smallest absolute Gasteiger partial charge is 0.258 e. The molecule has 2 spiro atoms. The Kier molecular flexibility index (Phi) is 5.72. The van der Waals surface area contributed by atoms with E-state index in [2.05, 4.69) is 4.72 Å². The topological polar surface area (TPSA) is 86.7 Å². The number of rotatable bonds is 5. The second-order valence-electron chi connectivity index (χ2n) is 11.9. The molecule has 2 aromatic rings. The van der Waals surface area contributed by atoms with E-state index in [1.807, 2.05) is 41.3 Å². The summed E-state index contributed by atoms with van der Waals surface area (Å²) in [5, 5.41) is 10.9. The molecule has 192 valence electrons. The zero-order valence-electron chi connectivity index (χ0n) is 21.0. The first-order valence-electron chi connectivity index (χ1n) is 13.4. The number of fused-ring (bicyclic) bond motifs is 2. The SMILES string of the molecule is CS(=O)(=O)Nc1ccc2c(c1)C1(CCC3(CC3)CC1)CN2C(=O)c1cccc([C@H](O)C2CCCC2)c1. The number of hydrogen-bond donors (Lipinski definition) is 2. The molecule has 3 aliphatic carbocycles. The summed E-state index contributed by atoms with van der Waals surface area (Å²) >= 11 is 0. The maximum Gasteiger partial charge on any atom is 0.258 e.